The molecule has 5 heteroatoms. The van der Waals surface area contributed by atoms with E-state index < -0.39 is 0 Å². The molecule has 1 aliphatic carbocycles. The molecule has 0 atom stereocenters. The van der Waals surface area contributed by atoms with Crippen LogP contribution in [0.4, 0.5) is 0 Å². The Morgan fingerprint density at radius 2 is 2.19 bits per heavy atom. The van der Waals surface area contributed by atoms with Crippen LogP contribution in [-0.2, 0) is 11.3 Å². The predicted molar refractivity (Wildman–Crippen MR) is 64.5 cm³/mol. The molecule has 1 heterocycles. The minimum atomic E-state index is -0.107. The molecule has 0 saturated heterocycles. The van der Waals surface area contributed by atoms with Crippen LogP contribution in [0, 0.1) is 0 Å². The molecule has 88 valence electrons. The number of ether oxygens (including phenoxy) is 1. The van der Waals surface area contributed by atoms with Crippen molar-refractivity contribution >= 4 is 15.9 Å². The van der Waals surface area contributed by atoms with Gasteiger partial charge in [0.1, 0.15) is 10.3 Å². The van der Waals surface area contributed by atoms with Crippen LogP contribution in [0.25, 0.3) is 0 Å². The largest absolute Gasteiger partial charge is 0.378 e. The van der Waals surface area contributed by atoms with E-state index in [1.807, 2.05) is 0 Å². The lowest BCUT2D eigenvalue weighted by Crippen LogP contribution is -2.17. The van der Waals surface area contributed by atoms with Gasteiger partial charge in [0.25, 0.3) is 5.56 Å². The number of rotatable bonds is 3. The van der Waals surface area contributed by atoms with Gasteiger partial charge in [0.15, 0.2) is 0 Å². The number of nitrogens with one attached hydrogen (secondary N) is 1. The van der Waals surface area contributed by atoms with Crippen molar-refractivity contribution in [3.63, 3.8) is 0 Å². The average Bonchev–Trinajstić information content (AvgIpc) is 2.78. The predicted octanol–water partition coefficient (Wildman–Crippen LogP) is 2.34. The summed E-state index contributed by atoms with van der Waals surface area (Å²) in [4.78, 5) is 19.0. The first-order chi connectivity index (χ1) is 7.72. The van der Waals surface area contributed by atoms with Gasteiger partial charge in [-0.1, -0.05) is 12.8 Å². The van der Waals surface area contributed by atoms with Crippen LogP contribution in [0.1, 0.15) is 43.1 Å². The molecule has 0 bridgehead atoms. The molecule has 1 aromatic heterocycles. The Morgan fingerprint density at radius 3 is 2.81 bits per heavy atom. The molecule has 1 aliphatic rings. The number of hydrogen-bond donors (Lipinski definition) is 1. The second-order valence-corrected chi connectivity index (χ2v) is 4.92. The topological polar surface area (TPSA) is 55.0 Å². The third kappa shape index (κ3) is 2.35. The number of nitrogens with zero attached hydrogens (tertiary/aromatic N) is 1. The Morgan fingerprint density at radius 1 is 1.50 bits per heavy atom. The van der Waals surface area contributed by atoms with Crippen molar-refractivity contribution in [3.8, 4) is 0 Å². The molecule has 2 rings (SSSR count). The second kappa shape index (κ2) is 5.10. The Hall–Kier alpha value is -0.680. The molecule has 4 nitrogen and oxygen atoms in total. The lowest BCUT2D eigenvalue weighted by Gasteiger charge is -2.10. The van der Waals surface area contributed by atoms with E-state index in [-0.39, 0.29) is 5.56 Å². The number of methoxy groups -OCH3 is 1. The molecule has 1 N–H and O–H groups in total. The lowest BCUT2D eigenvalue weighted by molar-refractivity contribution is 0.180. The molecule has 0 aromatic carbocycles. The average molecular weight is 287 g/mol. The van der Waals surface area contributed by atoms with Crippen LogP contribution < -0.4 is 5.56 Å². The smallest absolute Gasteiger partial charge is 0.265 e. The Bertz CT molecular complexity index is 424. The van der Waals surface area contributed by atoms with Gasteiger partial charge in [-0.3, -0.25) is 4.79 Å². The maximum absolute atomic E-state index is 11.7. The summed E-state index contributed by atoms with van der Waals surface area (Å²) in [5.74, 6) is 1.23. The Balaban J connectivity index is 2.35. The van der Waals surface area contributed by atoms with Crippen molar-refractivity contribution in [1.82, 2.24) is 9.97 Å². The Kier molecular flexibility index (Phi) is 3.76. The first-order valence-electron chi connectivity index (χ1n) is 5.50. The van der Waals surface area contributed by atoms with E-state index in [2.05, 4.69) is 25.9 Å². The fraction of sp³-hybridized carbons (Fsp3) is 0.636. The van der Waals surface area contributed by atoms with Crippen molar-refractivity contribution < 1.29 is 4.74 Å². The number of hydrogen-bond acceptors (Lipinski definition) is 3. The van der Waals surface area contributed by atoms with Crippen LogP contribution >= 0.6 is 15.9 Å². The highest BCUT2D eigenvalue weighted by atomic mass is 79.9. The van der Waals surface area contributed by atoms with Gasteiger partial charge in [-0.05, 0) is 28.8 Å². The van der Waals surface area contributed by atoms with Crippen LogP contribution in [0.5, 0.6) is 0 Å². The van der Waals surface area contributed by atoms with E-state index in [4.69, 9.17) is 4.74 Å². The monoisotopic (exact) mass is 286 g/mol. The molecule has 1 aromatic rings. The standard InChI is InChI=1S/C11H15BrN2O2/c1-16-6-8-9(12)11(15)14-10(13-8)7-4-2-3-5-7/h7H,2-6H2,1H3,(H,13,14,15). The van der Waals surface area contributed by atoms with Gasteiger partial charge < -0.3 is 9.72 Å². The Labute approximate surface area is 103 Å². The highest BCUT2D eigenvalue weighted by Gasteiger charge is 2.21. The minimum absolute atomic E-state index is 0.107. The first-order valence-corrected chi connectivity index (χ1v) is 6.29. The first kappa shape index (κ1) is 11.8. The summed E-state index contributed by atoms with van der Waals surface area (Å²) in [7, 11) is 1.60. The number of aromatic amines is 1. The highest BCUT2D eigenvalue weighted by Crippen LogP contribution is 2.32. The fourth-order valence-corrected chi connectivity index (χ4v) is 2.45. The van der Waals surface area contributed by atoms with Crippen molar-refractivity contribution in [2.24, 2.45) is 0 Å². The van der Waals surface area contributed by atoms with Gasteiger partial charge >= 0.3 is 0 Å². The fourth-order valence-electron chi connectivity index (χ4n) is 2.15. The van der Waals surface area contributed by atoms with E-state index >= 15 is 0 Å². The van der Waals surface area contributed by atoms with E-state index in [0.29, 0.717) is 22.7 Å². The summed E-state index contributed by atoms with van der Waals surface area (Å²) in [6.07, 6.45) is 4.70. The van der Waals surface area contributed by atoms with Crippen LogP contribution in [0.2, 0.25) is 0 Å². The molecule has 0 amide bonds. The maximum Gasteiger partial charge on any atom is 0.265 e. The molecule has 0 spiro atoms. The van der Waals surface area contributed by atoms with Crippen molar-refractivity contribution in [1.29, 1.82) is 0 Å². The number of halogens is 1. The van der Waals surface area contributed by atoms with E-state index in [1.165, 1.54) is 12.8 Å². The van der Waals surface area contributed by atoms with E-state index in [0.717, 1.165) is 18.7 Å². The zero-order chi connectivity index (χ0) is 11.5. The normalized spacial score (nSPS) is 16.9. The third-order valence-electron chi connectivity index (χ3n) is 2.97. The lowest BCUT2D eigenvalue weighted by atomic mass is 10.1. The van der Waals surface area contributed by atoms with Gasteiger partial charge in [-0.2, -0.15) is 0 Å². The SMILES string of the molecule is COCc1nc(C2CCCC2)[nH]c(=O)c1Br. The summed E-state index contributed by atoms with van der Waals surface area (Å²) in [6.45, 7) is 0.365. The molecule has 16 heavy (non-hydrogen) atoms. The molecular formula is C11H15BrN2O2. The maximum atomic E-state index is 11.7. The van der Waals surface area contributed by atoms with E-state index in [9.17, 15) is 4.79 Å². The summed E-state index contributed by atoms with van der Waals surface area (Å²) in [5.41, 5.74) is 0.581. The van der Waals surface area contributed by atoms with Gasteiger partial charge in [0, 0.05) is 13.0 Å². The summed E-state index contributed by atoms with van der Waals surface area (Å²) >= 11 is 3.24. The zero-order valence-corrected chi connectivity index (χ0v) is 10.8. The molecule has 0 aliphatic heterocycles. The van der Waals surface area contributed by atoms with Crippen LogP contribution in [0.3, 0.4) is 0 Å². The molecule has 0 radical (unpaired) electrons. The quantitative estimate of drug-likeness (QED) is 0.928. The molecule has 1 saturated carbocycles. The van der Waals surface area contributed by atoms with Crippen LogP contribution in [-0.4, -0.2) is 17.1 Å². The number of H-pyrrole nitrogens is 1. The molecule has 0 unspecified atom stereocenters. The summed E-state index contributed by atoms with van der Waals surface area (Å²) in [5, 5.41) is 0. The van der Waals surface area contributed by atoms with Gasteiger partial charge in [-0.25, -0.2) is 4.98 Å². The van der Waals surface area contributed by atoms with Crippen molar-refractivity contribution in [2.45, 2.75) is 38.2 Å². The molecular weight excluding hydrogens is 272 g/mol. The summed E-state index contributed by atoms with van der Waals surface area (Å²) in [6, 6.07) is 0. The van der Waals surface area contributed by atoms with Crippen molar-refractivity contribution in [3.05, 3.63) is 26.3 Å². The van der Waals surface area contributed by atoms with E-state index in [1.54, 1.807) is 7.11 Å². The van der Waals surface area contributed by atoms with Gasteiger partial charge in [0.2, 0.25) is 0 Å². The van der Waals surface area contributed by atoms with Gasteiger partial charge in [-0.15, -0.1) is 0 Å². The zero-order valence-electron chi connectivity index (χ0n) is 9.25. The van der Waals surface area contributed by atoms with Crippen LogP contribution in [0.15, 0.2) is 9.27 Å². The molecule has 1 fully saturated rings. The second-order valence-electron chi connectivity index (χ2n) is 4.13. The highest BCUT2D eigenvalue weighted by molar-refractivity contribution is 9.10. The minimum Gasteiger partial charge on any atom is -0.378 e. The van der Waals surface area contributed by atoms with Crippen molar-refractivity contribution in [2.75, 3.05) is 7.11 Å². The summed E-state index contributed by atoms with van der Waals surface area (Å²) < 4.78 is 5.52. The van der Waals surface area contributed by atoms with Gasteiger partial charge in [0.05, 0.1) is 12.3 Å². The number of aromatic nitrogens is 2. The third-order valence-corrected chi connectivity index (χ3v) is 3.79.